The summed E-state index contributed by atoms with van der Waals surface area (Å²) in [5.74, 6) is -1.01. The van der Waals surface area contributed by atoms with E-state index >= 15 is 0 Å². The molecular formula is C11H17NO5. The van der Waals surface area contributed by atoms with Crippen LogP contribution in [0.25, 0.3) is 0 Å². The van der Waals surface area contributed by atoms with Crippen LogP contribution in [-0.2, 0) is 9.59 Å². The summed E-state index contributed by atoms with van der Waals surface area (Å²) in [6, 6.07) is -0.964. The smallest absolute Gasteiger partial charge is 0.408 e. The summed E-state index contributed by atoms with van der Waals surface area (Å²) in [6.07, 6.45) is 0.541. The molecule has 6 nitrogen and oxygen atoms in total. The standard InChI is InChI=1S/C11H17NO5/c1-2-8(13)4-3-7-5-9(10(14)15)12(6-7)11(16)17/h7,9H,2-6H2,1H3,(H,14,15)(H,16,17). The maximum Gasteiger partial charge on any atom is 0.408 e. The number of carbonyl (C=O) groups excluding carboxylic acids is 1. The average molecular weight is 243 g/mol. The Hall–Kier alpha value is -1.59. The fraction of sp³-hybridized carbons (Fsp3) is 0.727. The average Bonchev–Trinajstić information content (AvgIpc) is 2.70. The summed E-state index contributed by atoms with van der Waals surface area (Å²) >= 11 is 0. The Kier molecular flexibility index (Phi) is 4.48. The van der Waals surface area contributed by atoms with E-state index in [4.69, 9.17) is 10.2 Å². The van der Waals surface area contributed by atoms with Crippen LogP contribution in [-0.4, -0.2) is 45.5 Å². The Morgan fingerprint density at radius 3 is 2.35 bits per heavy atom. The normalized spacial score (nSPS) is 23.7. The maximum atomic E-state index is 11.2. The number of nitrogens with zero attached hydrogens (tertiary/aromatic N) is 1. The molecule has 0 aromatic heterocycles. The molecule has 1 aliphatic heterocycles. The van der Waals surface area contributed by atoms with Crippen molar-refractivity contribution in [3.05, 3.63) is 0 Å². The number of likely N-dealkylation sites (tertiary alicyclic amines) is 1. The molecule has 1 aliphatic rings. The van der Waals surface area contributed by atoms with Gasteiger partial charge in [-0.3, -0.25) is 9.69 Å². The second-order valence-corrected chi connectivity index (χ2v) is 4.32. The molecule has 0 bridgehead atoms. The number of rotatable bonds is 5. The zero-order valence-electron chi connectivity index (χ0n) is 9.76. The van der Waals surface area contributed by atoms with Crippen LogP contribution in [0.5, 0.6) is 0 Å². The molecule has 0 aromatic rings. The summed E-state index contributed by atoms with van der Waals surface area (Å²) in [5.41, 5.74) is 0. The Morgan fingerprint density at radius 1 is 1.29 bits per heavy atom. The molecule has 0 saturated carbocycles. The zero-order valence-corrected chi connectivity index (χ0v) is 9.76. The van der Waals surface area contributed by atoms with Gasteiger partial charge >= 0.3 is 12.1 Å². The van der Waals surface area contributed by atoms with Crippen molar-refractivity contribution >= 4 is 17.8 Å². The Balaban J connectivity index is 2.54. The van der Waals surface area contributed by atoms with Crippen LogP contribution < -0.4 is 0 Å². The second kappa shape index (κ2) is 5.65. The lowest BCUT2D eigenvalue weighted by Gasteiger charge is -2.16. The molecule has 0 aliphatic carbocycles. The predicted octanol–water partition coefficient (Wildman–Crippen LogP) is 1.20. The van der Waals surface area contributed by atoms with E-state index in [9.17, 15) is 14.4 Å². The molecule has 17 heavy (non-hydrogen) atoms. The third kappa shape index (κ3) is 3.44. The summed E-state index contributed by atoms with van der Waals surface area (Å²) in [6.45, 7) is 1.99. The molecule has 1 heterocycles. The maximum absolute atomic E-state index is 11.2. The van der Waals surface area contributed by atoms with Gasteiger partial charge in [-0.25, -0.2) is 9.59 Å². The van der Waals surface area contributed by atoms with Crippen LogP contribution >= 0.6 is 0 Å². The van der Waals surface area contributed by atoms with Crippen molar-refractivity contribution in [2.45, 2.75) is 38.6 Å². The highest BCUT2D eigenvalue weighted by Gasteiger charge is 2.39. The van der Waals surface area contributed by atoms with Crippen LogP contribution in [0.4, 0.5) is 4.79 Å². The van der Waals surface area contributed by atoms with Gasteiger partial charge in [0.2, 0.25) is 0 Å². The fourth-order valence-corrected chi connectivity index (χ4v) is 2.12. The molecule has 1 fully saturated rings. The second-order valence-electron chi connectivity index (χ2n) is 4.32. The third-order valence-corrected chi connectivity index (χ3v) is 3.14. The summed E-state index contributed by atoms with van der Waals surface area (Å²) in [7, 11) is 0. The molecule has 2 unspecified atom stereocenters. The highest BCUT2D eigenvalue weighted by molar-refractivity contribution is 5.80. The lowest BCUT2D eigenvalue weighted by atomic mass is 9.98. The summed E-state index contributed by atoms with van der Waals surface area (Å²) < 4.78 is 0. The number of carboxylic acids is 1. The Labute approximate surface area is 99.2 Å². The monoisotopic (exact) mass is 243 g/mol. The van der Waals surface area contributed by atoms with E-state index in [0.717, 1.165) is 4.90 Å². The zero-order chi connectivity index (χ0) is 13.0. The van der Waals surface area contributed by atoms with Gasteiger partial charge < -0.3 is 10.2 Å². The summed E-state index contributed by atoms with van der Waals surface area (Å²) in [4.78, 5) is 33.8. The molecule has 1 saturated heterocycles. The number of Topliss-reactive ketones (excluding diaryl/α,β-unsaturated/α-hetero) is 1. The lowest BCUT2D eigenvalue weighted by Crippen LogP contribution is -2.39. The molecule has 1 rings (SSSR count). The largest absolute Gasteiger partial charge is 0.480 e. The van der Waals surface area contributed by atoms with Crippen molar-refractivity contribution in [3.8, 4) is 0 Å². The van der Waals surface area contributed by atoms with Gasteiger partial charge in [0.15, 0.2) is 0 Å². The van der Waals surface area contributed by atoms with Gasteiger partial charge in [0, 0.05) is 19.4 Å². The molecule has 2 atom stereocenters. The molecule has 2 N–H and O–H groups in total. The van der Waals surface area contributed by atoms with Crippen LogP contribution in [0.2, 0.25) is 0 Å². The van der Waals surface area contributed by atoms with Crippen molar-refractivity contribution in [3.63, 3.8) is 0 Å². The number of ketones is 1. The van der Waals surface area contributed by atoms with E-state index in [-0.39, 0.29) is 18.2 Å². The fourth-order valence-electron chi connectivity index (χ4n) is 2.12. The van der Waals surface area contributed by atoms with E-state index in [1.54, 1.807) is 6.92 Å². The topological polar surface area (TPSA) is 94.9 Å². The highest BCUT2D eigenvalue weighted by Crippen LogP contribution is 2.27. The van der Waals surface area contributed by atoms with Gasteiger partial charge in [-0.2, -0.15) is 0 Å². The van der Waals surface area contributed by atoms with E-state index < -0.39 is 18.1 Å². The minimum Gasteiger partial charge on any atom is -0.480 e. The predicted molar refractivity (Wildman–Crippen MR) is 58.8 cm³/mol. The number of hydrogen-bond donors (Lipinski definition) is 2. The molecule has 96 valence electrons. The van der Waals surface area contributed by atoms with E-state index in [1.165, 1.54) is 0 Å². The van der Waals surface area contributed by atoms with Crippen LogP contribution in [0, 0.1) is 5.92 Å². The van der Waals surface area contributed by atoms with E-state index in [2.05, 4.69) is 0 Å². The van der Waals surface area contributed by atoms with Crippen molar-refractivity contribution in [1.82, 2.24) is 4.90 Å². The highest BCUT2D eigenvalue weighted by atomic mass is 16.4. The molecule has 0 aromatic carbocycles. The van der Waals surface area contributed by atoms with Gasteiger partial charge in [0.05, 0.1) is 0 Å². The first-order valence-corrected chi connectivity index (χ1v) is 5.69. The van der Waals surface area contributed by atoms with Gasteiger partial charge in [0.1, 0.15) is 11.8 Å². The first-order chi connectivity index (χ1) is 7.95. The minimum absolute atomic E-state index is 0.0253. The number of amides is 1. The quantitative estimate of drug-likeness (QED) is 0.756. The van der Waals surface area contributed by atoms with Crippen LogP contribution in [0.1, 0.15) is 32.6 Å². The molecule has 6 heteroatoms. The first-order valence-electron chi connectivity index (χ1n) is 5.69. The van der Waals surface area contributed by atoms with Crippen molar-refractivity contribution in [1.29, 1.82) is 0 Å². The SMILES string of the molecule is CCC(=O)CCC1CC(C(=O)O)N(C(=O)O)C1. The van der Waals surface area contributed by atoms with Crippen LogP contribution in [0.3, 0.4) is 0 Å². The number of carboxylic acid groups (broad SMARTS) is 2. The van der Waals surface area contributed by atoms with Gasteiger partial charge in [0.25, 0.3) is 0 Å². The van der Waals surface area contributed by atoms with Crippen LogP contribution in [0.15, 0.2) is 0 Å². The minimum atomic E-state index is -1.21. The van der Waals surface area contributed by atoms with Gasteiger partial charge in [-0.05, 0) is 18.8 Å². The van der Waals surface area contributed by atoms with E-state index in [0.29, 0.717) is 25.7 Å². The Bertz CT molecular complexity index is 306. The number of carbonyl (C=O) groups is 3. The lowest BCUT2D eigenvalue weighted by molar-refractivity contribution is -0.141. The van der Waals surface area contributed by atoms with Crippen molar-refractivity contribution in [2.24, 2.45) is 5.92 Å². The van der Waals surface area contributed by atoms with E-state index in [1.807, 2.05) is 0 Å². The molecule has 0 radical (unpaired) electrons. The van der Waals surface area contributed by atoms with Crippen molar-refractivity contribution in [2.75, 3.05) is 6.54 Å². The number of hydrogen-bond acceptors (Lipinski definition) is 3. The molecule has 0 spiro atoms. The first kappa shape index (κ1) is 13.5. The van der Waals surface area contributed by atoms with Crippen molar-refractivity contribution < 1.29 is 24.6 Å². The number of aliphatic carboxylic acids is 1. The third-order valence-electron chi connectivity index (χ3n) is 3.14. The van der Waals surface area contributed by atoms with Gasteiger partial charge in [-0.15, -0.1) is 0 Å². The molecule has 1 amide bonds. The van der Waals surface area contributed by atoms with Gasteiger partial charge in [-0.1, -0.05) is 6.92 Å². The Morgan fingerprint density at radius 2 is 1.94 bits per heavy atom. The summed E-state index contributed by atoms with van der Waals surface area (Å²) in [5, 5.41) is 17.8. The molecular weight excluding hydrogens is 226 g/mol.